The molecule has 0 unspecified atom stereocenters. The summed E-state index contributed by atoms with van der Waals surface area (Å²) in [7, 11) is 0. The number of carbonyl (C=O) groups is 2. The van der Waals surface area contributed by atoms with E-state index in [1.807, 2.05) is 30.3 Å². The minimum Gasteiger partial charge on any atom is -0.473 e. The summed E-state index contributed by atoms with van der Waals surface area (Å²) in [6, 6.07) is 21.4. The van der Waals surface area contributed by atoms with E-state index in [1.165, 1.54) is 29.4 Å². The molecule has 1 aromatic carbocycles. The van der Waals surface area contributed by atoms with Crippen LogP contribution >= 0.6 is 11.3 Å². The van der Waals surface area contributed by atoms with Crippen LogP contribution in [0.1, 0.15) is 25.3 Å². The van der Waals surface area contributed by atoms with Crippen molar-refractivity contribution in [3.05, 3.63) is 72.3 Å². The molecule has 11 heteroatoms. The van der Waals surface area contributed by atoms with E-state index < -0.39 is 0 Å². The molecule has 3 aromatic rings. The molecule has 1 fully saturated rings. The molecule has 1 saturated heterocycles. The van der Waals surface area contributed by atoms with E-state index in [-0.39, 0.29) is 24.3 Å². The number of anilines is 3. The molecule has 3 heterocycles. The monoisotopic (exact) mass is 529 g/mol. The van der Waals surface area contributed by atoms with Gasteiger partial charge in [0.1, 0.15) is 6.10 Å². The largest absolute Gasteiger partial charge is 0.473 e. The van der Waals surface area contributed by atoms with Crippen molar-refractivity contribution in [2.45, 2.75) is 32.3 Å². The first kappa shape index (κ1) is 25.3. The van der Waals surface area contributed by atoms with Crippen LogP contribution in [0.5, 0.6) is 5.88 Å². The van der Waals surface area contributed by atoms with Gasteiger partial charge in [-0.2, -0.15) is 0 Å². The fourth-order valence-corrected chi connectivity index (χ4v) is 4.82. The molecule has 10 nitrogen and oxygen atoms in total. The molecule has 1 aliphatic heterocycles. The zero-order valence-corrected chi connectivity index (χ0v) is 21.6. The number of carbonyl (C=O) groups excluding carboxylic acids is 2. The summed E-state index contributed by atoms with van der Waals surface area (Å²) in [6.07, 6.45) is 1.89. The fraction of sp³-hybridized carbons (Fsp3) is 0.259. The lowest BCUT2D eigenvalue weighted by atomic mass is 10.1. The molecular weight excluding hydrogens is 502 g/mol. The van der Waals surface area contributed by atoms with Gasteiger partial charge in [-0.05, 0) is 28.8 Å². The Balaban J connectivity index is 0.000000424. The fourth-order valence-electron chi connectivity index (χ4n) is 3.97. The lowest BCUT2D eigenvalue weighted by molar-refractivity contribution is -0.116. The third kappa shape index (κ3) is 7.10. The van der Waals surface area contributed by atoms with Gasteiger partial charge in [0, 0.05) is 38.9 Å². The van der Waals surface area contributed by atoms with Crippen molar-refractivity contribution in [3.8, 4) is 17.0 Å². The van der Waals surface area contributed by atoms with Crippen LogP contribution in [0.4, 0.5) is 16.1 Å². The molecule has 0 spiro atoms. The second kappa shape index (κ2) is 11.8. The van der Waals surface area contributed by atoms with E-state index in [0.29, 0.717) is 16.8 Å². The summed E-state index contributed by atoms with van der Waals surface area (Å²) in [6.45, 7) is 2.97. The highest BCUT2D eigenvalue weighted by molar-refractivity contribution is 7.19. The Labute approximate surface area is 224 Å². The Bertz CT molecular complexity index is 1370. The van der Waals surface area contributed by atoms with Gasteiger partial charge in [0.2, 0.25) is 28.0 Å². The summed E-state index contributed by atoms with van der Waals surface area (Å²) in [4.78, 5) is 25.4. The maximum atomic E-state index is 12.1. The maximum absolute atomic E-state index is 12.1. The Morgan fingerprint density at radius 3 is 2.29 bits per heavy atom. The lowest BCUT2D eigenvalue weighted by Gasteiger charge is -2.31. The number of hydrogen-bond donors (Lipinski definition) is 2. The van der Waals surface area contributed by atoms with E-state index >= 15 is 0 Å². The first-order valence-electron chi connectivity index (χ1n) is 12.3. The van der Waals surface area contributed by atoms with Crippen molar-refractivity contribution in [1.29, 1.82) is 0 Å². The van der Waals surface area contributed by atoms with Gasteiger partial charge in [-0.3, -0.25) is 9.59 Å². The molecule has 0 bridgehead atoms. The van der Waals surface area contributed by atoms with Gasteiger partial charge >= 0.3 is 0 Å². The number of piperidine rings is 1. The highest BCUT2D eigenvalue weighted by Crippen LogP contribution is 2.32. The zero-order valence-electron chi connectivity index (χ0n) is 20.8. The Morgan fingerprint density at radius 2 is 1.68 bits per heavy atom. The summed E-state index contributed by atoms with van der Waals surface area (Å²) in [5, 5.41) is 22.9. The molecule has 2 N–H and O–H groups in total. The third-order valence-electron chi connectivity index (χ3n) is 5.92. The first-order chi connectivity index (χ1) is 18.5. The molecule has 2 aromatic heterocycles. The first-order valence-corrected chi connectivity index (χ1v) is 13.1. The van der Waals surface area contributed by atoms with E-state index in [0.717, 1.165) is 36.6 Å². The molecular formula is C27H27N7O3S. The van der Waals surface area contributed by atoms with Crippen LogP contribution in [0, 0.1) is 0 Å². The van der Waals surface area contributed by atoms with Gasteiger partial charge in [-0.15, -0.1) is 20.4 Å². The molecule has 38 heavy (non-hydrogen) atoms. The average Bonchev–Trinajstić information content (AvgIpc) is 3.27. The number of fused-ring (bicyclic) bond motifs is 1. The smallest absolute Gasteiger partial charge is 0.233 e. The topological polar surface area (TPSA) is 122 Å². The number of ether oxygens (including phenoxy) is 1. The van der Waals surface area contributed by atoms with Crippen LogP contribution in [0.15, 0.2) is 66.7 Å². The third-order valence-corrected chi connectivity index (χ3v) is 6.82. The van der Waals surface area contributed by atoms with Gasteiger partial charge in [-0.1, -0.05) is 59.9 Å². The SMILES string of the molecule is CC(=O)Nc1nnc(N2CCC(Oc3ccc(NC(=O)Cc4ccccc4)nn3)CC2)s1.c1cc2cc-2c1. The second-order valence-electron chi connectivity index (χ2n) is 8.92. The predicted molar refractivity (Wildman–Crippen MR) is 146 cm³/mol. The molecule has 3 aliphatic rings. The molecule has 0 radical (unpaired) electrons. The number of nitrogens with one attached hydrogen (secondary N) is 2. The Hall–Kier alpha value is -4.38. The number of amides is 2. The maximum Gasteiger partial charge on any atom is 0.233 e. The predicted octanol–water partition coefficient (Wildman–Crippen LogP) is 4.18. The molecule has 0 atom stereocenters. The van der Waals surface area contributed by atoms with E-state index in [1.54, 1.807) is 12.1 Å². The van der Waals surface area contributed by atoms with Crippen molar-refractivity contribution in [1.82, 2.24) is 20.4 Å². The van der Waals surface area contributed by atoms with Crippen molar-refractivity contribution in [3.63, 3.8) is 0 Å². The van der Waals surface area contributed by atoms with E-state index in [9.17, 15) is 9.59 Å². The van der Waals surface area contributed by atoms with Crippen LogP contribution in [-0.2, 0) is 16.0 Å². The highest BCUT2D eigenvalue weighted by Gasteiger charge is 2.23. The number of rotatable bonds is 7. The van der Waals surface area contributed by atoms with Gasteiger partial charge in [0.15, 0.2) is 5.82 Å². The van der Waals surface area contributed by atoms with E-state index in [2.05, 4.69) is 60.2 Å². The molecule has 2 aliphatic carbocycles. The quantitative estimate of drug-likeness (QED) is 0.322. The standard InChI is InChI=1S/C21H23N7O3S.C6H4/c1-14(29)22-20-26-27-21(32-20)28-11-9-16(10-12-28)31-19-8-7-17(24-25-19)23-18(30)13-15-5-3-2-4-6-15;1-2-5-4-6(5)3-1/h2-8,16H,9-13H2,1H3,(H,22,26,29)(H,23,24,30);1-4H. The number of aromatic nitrogens is 4. The van der Waals surface area contributed by atoms with Gasteiger partial charge in [0.25, 0.3) is 0 Å². The van der Waals surface area contributed by atoms with Crippen molar-refractivity contribution in [2.75, 3.05) is 28.6 Å². The van der Waals surface area contributed by atoms with Gasteiger partial charge in [0.05, 0.1) is 6.42 Å². The van der Waals surface area contributed by atoms with Gasteiger partial charge < -0.3 is 20.3 Å². The summed E-state index contributed by atoms with van der Waals surface area (Å²) in [5.74, 6) is 0.500. The minimum absolute atomic E-state index is 0.0156. The summed E-state index contributed by atoms with van der Waals surface area (Å²) in [5.41, 5.74) is 3.79. The van der Waals surface area contributed by atoms with Crippen LogP contribution in [0.2, 0.25) is 0 Å². The van der Waals surface area contributed by atoms with Gasteiger partial charge in [-0.25, -0.2) is 0 Å². The number of nitrogens with zero attached hydrogens (tertiary/aromatic N) is 5. The summed E-state index contributed by atoms with van der Waals surface area (Å²) >= 11 is 1.35. The zero-order chi connectivity index (χ0) is 26.3. The van der Waals surface area contributed by atoms with E-state index in [4.69, 9.17) is 4.74 Å². The summed E-state index contributed by atoms with van der Waals surface area (Å²) < 4.78 is 5.95. The number of hydrogen-bond acceptors (Lipinski definition) is 9. The molecule has 2 amide bonds. The molecule has 0 saturated carbocycles. The normalized spacial score (nSPS) is 13.7. The number of benzene rings is 2. The van der Waals surface area contributed by atoms with Crippen LogP contribution < -0.4 is 20.3 Å². The van der Waals surface area contributed by atoms with Crippen LogP contribution in [0.25, 0.3) is 11.1 Å². The Kier molecular flexibility index (Phi) is 7.84. The average molecular weight is 530 g/mol. The molecule has 6 rings (SSSR count). The van der Waals surface area contributed by atoms with Crippen molar-refractivity contribution < 1.29 is 14.3 Å². The lowest BCUT2D eigenvalue weighted by Crippen LogP contribution is -2.38. The van der Waals surface area contributed by atoms with Crippen molar-refractivity contribution >= 4 is 39.2 Å². The van der Waals surface area contributed by atoms with Crippen LogP contribution in [-0.4, -0.2) is 51.4 Å². The van der Waals surface area contributed by atoms with Crippen molar-refractivity contribution in [2.24, 2.45) is 0 Å². The van der Waals surface area contributed by atoms with Crippen LogP contribution in [0.3, 0.4) is 0 Å². The highest BCUT2D eigenvalue weighted by atomic mass is 32.1. The minimum atomic E-state index is -0.164. The molecule has 194 valence electrons. The second-order valence-corrected chi connectivity index (χ2v) is 9.88. The Morgan fingerprint density at radius 1 is 0.921 bits per heavy atom.